The van der Waals surface area contributed by atoms with E-state index in [1.54, 1.807) is 24.3 Å². The van der Waals surface area contributed by atoms with E-state index in [4.69, 9.17) is 4.74 Å². The third-order valence-electron chi connectivity index (χ3n) is 7.35. The summed E-state index contributed by atoms with van der Waals surface area (Å²) in [6.07, 6.45) is 1.45. The van der Waals surface area contributed by atoms with Gasteiger partial charge in [0.25, 0.3) is 0 Å². The van der Waals surface area contributed by atoms with Crippen LogP contribution >= 0.6 is 0 Å². The van der Waals surface area contributed by atoms with Crippen molar-refractivity contribution in [3.63, 3.8) is 0 Å². The molecule has 2 amide bonds. The summed E-state index contributed by atoms with van der Waals surface area (Å²) in [6.45, 7) is 2.44. The lowest BCUT2D eigenvalue weighted by molar-refractivity contribution is -0.122. The van der Waals surface area contributed by atoms with Crippen LogP contribution in [-0.4, -0.2) is 29.8 Å². The van der Waals surface area contributed by atoms with E-state index in [0.717, 1.165) is 22.3 Å². The van der Waals surface area contributed by atoms with Crippen molar-refractivity contribution >= 4 is 23.7 Å². The number of ether oxygens (including phenoxy) is 1. The number of amides is 2. The van der Waals surface area contributed by atoms with Crippen LogP contribution in [0.3, 0.4) is 0 Å². The molecular weight excluding hydrogens is 416 g/mol. The molecule has 7 rings (SSSR count). The van der Waals surface area contributed by atoms with Crippen LogP contribution in [0.5, 0.6) is 5.75 Å². The van der Waals surface area contributed by atoms with Crippen LogP contribution in [0.2, 0.25) is 0 Å². The summed E-state index contributed by atoms with van der Waals surface area (Å²) in [5, 5.41) is 13.2. The largest absolute Gasteiger partial charge is 0.494 e. The third-order valence-corrected chi connectivity index (χ3v) is 7.35. The molecule has 3 aliphatic carbocycles. The molecule has 2 atom stereocenters. The van der Waals surface area contributed by atoms with Gasteiger partial charge >= 0.3 is 0 Å². The van der Waals surface area contributed by atoms with Gasteiger partial charge in [-0.3, -0.25) is 9.59 Å². The van der Waals surface area contributed by atoms with Crippen molar-refractivity contribution in [2.24, 2.45) is 17.0 Å². The molecule has 0 unspecified atom stereocenters. The predicted octanol–water partition coefficient (Wildman–Crippen LogP) is 4.10. The normalized spacial score (nSPS) is 26.9. The zero-order valence-electron chi connectivity index (χ0n) is 18.0. The number of hydrogen-bond donors (Lipinski definition) is 1. The van der Waals surface area contributed by atoms with E-state index in [0.29, 0.717) is 18.0 Å². The summed E-state index contributed by atoms with van der Waals surface area (Å²) in [4.78, 5) is 29.2. The topological polar surface area (TPSA) is 79.2 Å². The molecule has 2 bridgehead atoms. The fourth-order valence-corrected chi connectivity index (χ4v) is 6.25. The Morgan fingerprint density at radius 2 is 1.55 bits per heavy atom. The van der Waals surface area contributed by atoms with Gasteiger partial charge in [0, 0.05) is 5.92 Å². The molecule has 3 aromatic carbocycles. The lowest BCUT2D eigenvalue weighted by Crippen LogP contribution is -2.54. The molecule has 33 heavy (non-hydrogen) atoms. The Morgan fingerprint density at radius 1 is 0.939 bits per heavy atom. The van der Waals surface area contributed by atoms with E-state index < -0.39 is 17.3 Å². The van der Waals surface area contributed by atoms with Crippen molar-refractivity contribution in [2.45, 2.75) is 18.3 Å². The number of oxime groups is 1. The van der Waals surface area contributed by atoms with Gasteiger partial charge in [-0.25, -0.2) is 4.90 Å². The molecule has 0 aromatic heterocycles. The summed E-state index contributed by atoms with van der Waals surface area (Å²) in [7, 11) is 0. The first-order chi connectivity index (χ1) is 16.1. The zero-order valence-corrected chi connectivity index (χ0v) is 18.0. The molecule has 6 nitrogen and oxygen atoms in total. The van der Waals surface area contributed by atoms with Gasteiger partial charge in [0.1, 0.15) is 5.75 Å². The highest BCUT2D eigenvalue weighted by Gasteiger charge is 2.68. The number of anilines is 1. The first kappa shape index (κ1) is 19.7. The quantitative estimate of drug-likeness (QED) is 0.288. The van der Waals surface area contributed by atoms with Crippen LogP contribution in [-0.2, 0) is 15.0 Å². The van der Waals surface area contributed by atoms with Gasteiger partial charge in [-0.05, 0) is 53.4 Å². The second-order valence-corrected chi connectivity index (χ2v) is 8.71. The molecule has 164 valence electrons. The van der Waals surface area contributed by atoms with Crippen LogP contribution in [0.15, 0.2) is 78.0 Å². The van der Waals surface area contributed by atoms with Gasteiger partial charge in [-0.2, -0.15) is 0 Å². The van der Waals surface area contributed by atoms with Crippen LogP contribution in [0, 0.1) is 11.8 Å². The highest BCUT2D eigenvalue weighted by Crippen LogP contribution is 2.63. The van der Waals surface area contributed by atoms with E-state index in [1.165, 1.54) is 11.1 Å². The van der Waals surface area contributed by atoms with Gasteiger partial charge in [0.05, 0.1) is 35.8 Å². The molecule has 1 aliphatic heterocycles. The SMILES string of the molecule is CCOc1ccc(N2C(=O)[C@@H]3C4c5ccccc5C(/C=N\O)(c5ccccc54)[C@@H]3C2=O)cc1. The molecule has 3 aromatic rings. The minimum absolute atomic E-state index is 0.223. The Bertz CT molecular complexity index is 1270. The zero-order chi connectivity index (χ0) is 22.7. The average Bonchev–Trinajstić information content (AvgIpc) is 3.11. The molecule has 4 aliphatic rings. The van der Waals surface area contributed by atoms with E-state index in [1.807, 2.05) is 55.5 Å². The van der Waals surface area contributed by atoms with Crippen LogP contribution in [0.4, 0.5) is 5.69 Å². The number of hydrogen-bond acceptors (Lipinski definition) is 5. The molecule has 1 N–H and O–H groups in total. The Balaban J connectivity index is 1.58. The highest BCUT2D eigenvalue weighted by molar-refractivity contribution is 6.25. The molecule has 1 saturated heterocycles. The Labute approximate surface area is 191 Å². The number of carbonyl (C=O) groups excluding carboxylic acids is 2. The smallest absolute Gasteiger partial charge is 0.239 e. The average molecular weight is 438 g/mol. The van der Waals surface area contributed by atoms with Crippen molar-refractivity contribution in [1.29, 1.82) is 0 Å². The van der Waals surface area contributed by atoms with Gasteiger partial charge in [-0.15, -0.1) is 5.16 Å². The van der Waals surface area contributed by atoms with Crippen molar-refractivity contribution in [3.8, 4) is 5.75 Å². The van der Waals surface area contributed by atoms with Gasteiger partial charge < -0.3 is 9.94 Å². The summed E-state index contributed by atoms with van der Waals surface area (Å²) in [5.41, 5.74) is 3.35. The molecule has 0 spiro atoms. The van der Waals surface area contributed by atoms with Crippen LogP contribution in [0.25, 0.3) is 0 Å². The van der Waals surface area contributed by atoms with Gasteiger partial charge in [0.2, 0.25) is 11.8 Å². The Kier molecular flexibility index (Phi) is 4.21. The summed E-state index contributed by atoms with van der Waals surface area (Å²) in [5.74, 6) is -1.32. The minimum atomic E-state index is -1.02. The van der Waals surface area contributed by atoms with Crippen molar-refractivity contribution in [2.75, 3.05) is 11.5 Å². The third kappa shape index (κ3) is 2.40. The Hall–Kier alpha value is -3.93. The fourth-order valence-electron chi connectivity index (χ4n) is 6.25. The number of carbonyl (C=O) groups is 2. The molecule has 0 radical (unpaired) electrons. The van der Waals surface area contributed by atoms with Crippen molar-refractivity contribution < 1.29 is 19.5 Å². The van der Waals surface area contributed by atoms with E-state index in [-0.39, 0.29) is 17.7 Å². The number of imide groups is 1. The summed E-state index contributed by atoms with van der Waals surface area (Å²) in [6, 6.07) is 22.8. The monoisotopic (exact) mass is 438 g/mol. The molecular formula is C27H22N2O4. The predicted molar refractivity (Wildman–Crippen MR) is 123 cm³/mol. The fraction of sp³-hybridized carbons (Fsp3) is 0.222. The Morgan fingerprint density at radius 3 is 2.12 bits per heavy atom. The van der Waals surface area contributed by atoms with E-state index in [9.17, 15) is 14.8 Å². The number of rotatable bonds is 4. The minimum Gasteiger partial charge on any atom is -0.494 e. The maximum Gasteiger partial charge on any atom is 0.239 e. The number of nitrogens with zero attached hydrogens (tertiary/aromatic N) is 2. The number of benzene rings is 3. The van der Waals surface area contributed by atoms with E-state index in [2.05, 4.69) is 5.16 Å². The van der Waals surface area contributed by atoms with Crippen molar-refractivity contribution in [1.82, 2.24) is 0 Å². The van der Waals surface area contributed by atoms with Crippen molar-refractivity contribution in [3.05, 3.63) is 95.1 Å². The maximum atomic E-state index is 14.0. The molecule has 1 heterocycles. The van der Waals surface area contributed by atoms with Gasteiger partial charge in [-0.1, -0.05) is 48.5 Å². The van der Waals surface area contributed by atoms with Crippen LogP contribution < -0.4 is 9.64 Å². The standard InChI is InChI=1S/C27H22N2O4/c1-2-33-17-13-11-16(12-14-17)29-25(30)23-22-18-7-3-5-9-20(18)27(15-28-32,24(23)26(29)31)21-10-6-4-8-19(21)22/h3-15,22-24,32H,2H2,1H3/b28-15-/t22?,23-,24+,27?/m1/s1. The maximum absolute atomic E-state index is 14.0. The molecule has 6 heteroatoms. The second-order valence-electron chi connectivity index (χ2n) is 8.71. The lowest BCUT2D eigenvalue weighted by Gasteiger charge is -2.52. The summed E-state index contributed by atoms with van der Waals surface area (Å²) < 4.78 is 5.51. The van der Waals surface area contributed by atoms with E-state index >= 15 is 0 Å². The molecule has 0 saturated carbocycles. The first-order valence-corrected chi connectivity index (χ1v) is 11.1. The molecule has 1 fully saturated rings. The van der Waals surface area contributed by atoms with Crippen LogP contribution in [0.1, 0.15) is 35.1 Å². The lowest BCUT2D eigenvalue weighted by atomic mass is 9.47. The summed E-state index contributed by atoms with van der Waals surface area (Å²) >= 11 is 0. The highest BCUT2D eigenvalue weighted by atomic mass is 16.5. The second kappa shape index (κ2) is 7.04. The first-order valence-electron chi connectivity index (χ1n) is 11.1. The van der Waals surface area contributed by atoms with Gasteiger partial charge in [0.15, 0.2) is 0 Å².